The number of allylic oxidation sites excluding steroid dienone is 1. The molecule has 0 saturated carbocycles. The van der Waals surface area contributed by atoms with Crippen LogP contribution in [0.15, 0.2) is 66.7 Å². The van der Waals surface area contributed by atoms with Crippen molar-refractivity contribution in [2.75, 3.05) is 7.11 Å². The number of phenols is 1. The second-order valence-electron chi connectivity index (χ2n) is 7.14. The lowest BCUT2D eigenvalue weighted by atomic mass is 9.79. The zero-order valence-electron chi connectivity index (χ0n) is 16.1. The Morgan fingerprint density at radius 3 is 2.39 bits per heavy atom. The molecule has 142 valence electrons. The molecule has 0 heterocycles. The first-order chi connectivity index (χ1) is 13.3. The van der Waals surface area contributed by atoms with Crippen LogP contribution in [-0.2, 0) is 4.79 Å². The Morgan fingerprint density at radius 2 is 1.68 bits per heavy atom. The molecule has 0 radical (unpaired) electrons. The highest BCUT2D eigenvalue weighted by Crippen LogP contribution is 2.28. The minimum absolute atomic E-state index is 0.0257. The topological polar surface area (TPSA) is 63.6 Å². The summed E-state index contributed by atoms with van der Waals surface area (Å²) >= 11 is 0. The van der Waals surface area contributed by atoms with Crippen LogP contribution >= 0.6 is 0 Å². The van der Waals surface area contributed by atoms with E-state index in [1.54, 1.807) is 38.1 Å². The van der Waals surface area contributed by atoms with Crippen molar-refractivity contribution >= 4 is 28.4 Å². The van der Waals surface area contributed by atoms with Crippen LogP contribution in [-0.4, -0.2) is 23.8 Å². The zero-order valence-corrected chi connectivity index (χ0v) is 16.1. The van der Waals surface area contributed by atoms with Gasteiger partial charge >= 0.3 is 0 Å². The quantitative estimate of drug-likeness (QED) is 0.373. The number of fused-ring (bicyclic) bond motifs is 1. The zero-order chi connectivity index (χ0) is 20.3. The second kappa shape index (κ2) is 7.69. The summed E-state index contributed by atoms with van der Waals surface area (Å²) in [6.45, 7) is 3.27. The van der Waals surface area contributed by atoms with E-state index in [0.29, 0.717) is 16.9 Å². The van der Waals surface area contributed by atoms with E-state index in [2.05, 4.69) is 0 Å². The van der Waals surface area contributed by atoms with Crippen molar-refractivity contribution in [1.82, 2.24) is 0 Å². The number of benzene rings is 3. The molecule has 3 aromatic rings. The summed E-state index contributed by atoms with van der Waals surface area (Å²) in [5, 5.41) is 11.7. The summed E-state index contributed by atoms with van der Waals surface area (Å²) in [5.74, 6) is -0.173. The molecule has 0 amide bonds. The molecule has 1 N–H and O–H groups in total. The van der Waals surface area contributed by atoms with E-state index in [9.17, 15) is 14.7 Å². The van der Waals surface area contributed by atoms with Crippen LogP contribution in [0.4, 0.5) is 0 Å². The molecular formula is C24H22O4. The number of aromatic hydroxyl groups is 1. The first-order valence-electron chi connectivity index (χ1n) is 8.96. The Bertz CT molecular complexity index is 1080. The molecule has 0 atom stereocenters. The molecule has 0 aliphatic heterocycles. The van der Waals surface area contributed by atoms with Gasteiger partial charge in [-0.1, -0.05) is 48.5 Å². The van der Waals surface area contributed by atoms with E-state index in [1.807, 2.05) is 36.4 Å². The van der Waals surface area contributed by atoms with E-state index in [1.165, 1.54) is 19.3 Å². The number of carbonyl (C=O) groups is 2. The predicted molar refractivity (Wildman–Crippen MR) is 111 cm³/mol. The molecule has 0 spiro atoms. The average Bonchev–Trinajstić information content (AvgIpc) is 2.71. The molecule has 0 unspecified atom stereocenters. The number of phenolic OH excluding ortho intramolecular Hbond substituents is 1. The lowest BCUT2D eigenvalue weighted by Gasteiger charge is -2.20. The number of Topliss-reactive ketones (excluding diaryl/α,β-unsaturated/α-hetero) is 1. The minimum Gasteiger partial charge on any atom is -0.504 e. The standard InChI is InChI=1S/C24H22O4/c1-24(2,22(26)13-9-16-8-12-20(25)21(14-16)28-3)23(27)19-11-10-17-6-4-5-7-18(17)15-19/h4-15,25H,1-3H3. The predicted octanol–water partition coefficient (Wildman–Crippen LogP) is 5.05. The van der Waals surface area contributed by atoms with Crippen LogP contribution in [0, 0.1) is 5.41 Å². The molecule has 4 nitrogen and oxygen atoms in total. The smallest absolute Gasteiger partial charge is 0.176 e. The third-order valence-corrected chi connectivity index (χ3v) is 4.83. The van der Waals surface area contributed by atoms with Gasteiger partial charge in [0.05, 0.1) is 12.5 Å². The Labute approximate surface area is 164 Å². The van der Waals surface area contributed by atoms with Gasteiger partial charge in [0.15, 0.2) is 23.1 Å². The molecule has 28 heavy (non-hydrogen) atoms. The van der Waals surface area contributed by atoms with Crippen LogP contribution in [0.5, 0.6) is 11.5 Å². The largest absolute Gasteiger partial charge is 0.504 e. The average molecular weight is 374 g/mol. The molecule has 0 aliphatic carbocycles. The molecule has 0 aromatic heterocycles. The van der Waals surface area contributed by atoms with Gasteiger partial charge in [-0.3, -0.25) is 9.59 Å². The van der Waals surface area contributed by atoms with Crippen LogP contribution in [0.2, 0.25) is 0 Å². The monoisotopic (exact) mass is 374 g/mol. The van der Waals surface area contributed by atoms with Crippen LogP contribution < -0.4 is 4.74 Å². The number of hydrogen-bond donors (Lipinski definition) is 1. The maximum absolute atomic E-state index is 13.0. The van der Waals surface area contributed by atoms with Gasteiger partial charge in [0.25, 0.3) is 0 Å². The number of carbonyl (C=O) groups excluding carboxylic acids is 2. The summed E-state index contributed by atoms with van der Waals surface area (Å²) < 4.78 is 5.07. The number of ether oxygens (including phenoxy) is 1. The Kier molecular flexibility index (Phi) is 5.32. The highest BCUT2D eigenvalue weighted by molar-refractivity contribution is 6.18. The van der Waals surface area contributed by atoms with Gasteiger partial charge < -0.3 is 9.84 Å². The first kappa shape index (κ1) is 19.4. The summed E-state index contributed by atoms with van der Waals surface area (Å²) in [4.78, 5) is 25.7. The summed E-state index contributed by atoms with van der Waals surface area (Å²) in [6.07, 6.45) is 3.00. The van der Waals surface area contributed by atoms with Gasteiger partial charge in [-0.25, -0.2) is 0 Å². The van der Waals surface area contributed by atoms with E-state index in [0.717, 1.165) is 10.8 Å². The third-order valence-electron chi connectivity index (χ3n) is 4.83. The van der Waals surface area contributed by atoms with Crippen molar-refractivity contribution in [2.45, 2.75) is 13.8 Å². The molecular weight excluding hydrogens is 352 g/mol. The van der Waals surface area contributed by atoms with Gasteiger partial charge in [0, 0.05) is 5.56 Å². The van der Waals surface area contributed by atoms with Crippen molar-refractivity contribution in [3.63, 3.8) is 0 Å². The van der Waals surface area contributed by atoms with Crippen LogP contribution in [0.1, 0.15) is 29.8 Å². The van der Waals surface area contributed by atoms with Crippen molar-refractivity contribution in [2.24, 2.45) is 5.41 Å². The molecule has 4 heteroatoms. The van der Waals surface area contributed by atoms with Crippen LogP contribution in [0.25, 0.3) is 16.8 Å². The van der Waals surface area contributed by atoms with Crippen molar-refractivity contribution in [1.29, 1.82) is 0 Å². The maximum atomic E-state index is 13.0. The SMILES string of the molecule is COc1cc(C=CC(=O)C(C)(C)C(=O)c2ccc3ccccc3c2)ccc1O. The normalized spacial score (nSPS) is 11.7. The Balaban J connectivity index is 1.83. The van der Waals surface area contributed by atoms with Crippen molar-refractivity contribution in [3.8, 4) is 11.5 Å². The van der Waals surface area contributed by atoms with Crippen LogP contribution in [0.3, 0.4) is 0 Å². The molecule has 0 saturated heterocycles. The summed E-state index contributed by atoms with van der Waals surface area (Å²) in [7, 11) is 1.46. The lowest BCUT2D eigenvalue weighted by molar-refractivity contribution is -0.120. The first-order valence-corrected chi connectivity index (χ1v) is 8.96. The molecule has 0 bridgehead atoms. The van der Waals surface area contributed by atoms with Gasteiger partial charge in [0.1, 0.15) is 0 Å². The van der Waals surface area contributed by atoms with Crippen molar-refractivity contribution in [3.05, 3.63) is 77.9 Å². The summed E-state index contributed by atoms with van der Waals surface area (Å²) in [6, 6.07) is 18.0. The Hall–Kier alpha value is -3.40. The third kappa shape index (κ3) is 3.81. The molecule has 0 aliphatic rings. The number of ketones is 2. The van der Waals surface area contributed by atoms with Gasteiger partial charge in [-0.05, 0) is 54.5 Å². The van der Waals surface area contributed by atoms with Gasteiger partial charge in [0.2, 0.25) is 0 Å². The highest BCUT2D eigenvalue weighted by atomic mass is 16.5. The number of hydrogen-bond acceptors (Lipinski definition) is 4. The minimum atomic E-state index is -1.19. The second-order valence-corrected chi connectivity index (χ2v) is 7.14. The fourth-order valence-electron chi connectivity index (χ4n) is 2.98. The lowest BCUT2D eigenvalue weighted by Crippen LogP contribution is -2.32. The van der Waals surface area contributed by atoms with Gasteiger partial charge in [-0.2, -0.15) is 0 Å². The van der Waals surface area contributed by atoms with E-state index in [4.69, 9.17) is 4.74 Å². The fourth-order valence-corrected chi connectivity index (χ4v) is 2.98. The maximum Gasteiger partial charge on any atom is 0.176 e. The van der Waals surface area contributed by atoms with Gasteiger partial charge in [-0.15, -0.1) is 0 Å². The fraction of sp³-hybridized carbons (Fsp3) is 0.167. The number of methoxy groups -OCH3 is 1. The summed E-state index contributed by atoms with van der Waals surface area (Å²) in [5.41, 5.74) is 0.00802. The molecule has 3 aromatic carbocycles. The molecule has 3 rings (SSSR count). The van der Waals surface area contributed by atoms with Crippen molar-refractivity contribution < 1.29 is 19.4 Å². The Morgan fingerprint density at radius 1 is 0.964 bits per heavy atom. The van der Waals surface area contributed by atoms with E-state index >= 15 is 0 Å². The highest BCUT2D eigenvalue weighted by Gasteiger charge is 2.34. The number of rotatable bonds is 6. The molecule has 0 fully saturated rings. The van der Waals surface area contributed by atoms with E-state index in [-0.39, 0.29) is 17.3 Å². The van der Waals surface area contributed by atoms with E-state index < -0.39 is 5.41 Å².